The van der Waals surface area contributed by atoms with Crippen LogP contribution in [0.5, 0.6) is 0 Å². The third-order valence-electron chi connectivity index (χ3n) is 4.43. The first-order valence-corrected chi connectivity index (χ1v) is 8.80. The molecule has 5 heteroatoms. The molecule has 0 N–H and O–H groups in total. The van der Waals surface area contributed by atoms with Crippen molar-refractivity contribution in [3.63, 3.8) is 0 Å². The molecule has 3 aromatic rings. The average molecular weight is 375 g/mol. The first-order valence-electron chi connectivity index (χ1n) is 8.43. The molecule has 0 radical (unpaired) electrons. The average Bonchev–Trinajstić information content (AvgIpc) is 2.91. The highest BCUT2D eigenvalue weighted by Crippen LogP contribution is 2.33. The van der Waals surface area contributed by atoms with E-state index >= 15 is 0 Å². The molecule has 4 nitrogen and oxygen atoms in total. The van der Waals surface area contributed by atoms with Crippen LogP contribution in [0.2, 0.25) is 5.02 Å². The van der Waals surface area contributed by atoms with Crippen LogP contribution in [-0.2, 0) is 0 Å². The van der Waals surface area contributed by atoms with Crippen molar-refractivity contribution < 1.29 is 9.59 Å². The van der Waals surface area contributed by atoms with E-state index < -0.39 is 0 Å². The van der Waals surface area contributed by atoms with Crippen LogP contribution in [0.1, 0.15) is 31.8 Å². The Morgan fingerprint density at radius 3 is 2.37 bits per heavy atom. The molecule has 27 heavy (non-hydrogen) atoms. The van der Waals surface area contributed by atoms with Crippen LogP contribution in [0, 0.1) is 6.92 Å². The van der Waals surface area contributed by atoms with E-state index in [1.165, 1.54) is 11.0 Å². The predicted molar refractivity (Wildman–Crippen MR) is 107 cm³/mol. The third-order valence-corrected chi connectivity index (χ3v) is 4.67. The molecule has 0 atom stereocenters. The molecule has 0 aliphatic carbocycles. The molecule has 4 rings (SSSR count). The van der Waals surface area contributed by atoms with Crippen LogP contribution in [0.4, 0.5) is 11.4 Å². The molecule has 0 aromatic heterocycles. The van der Waals surface area contributed by atoms with E-state index in [1.54, 1.807) is 30.5 Å². The maximum atomic E-state index is 12.7. The summed E-state index contributed by atoms with van der Waals surface area (Å²) < 4.78 is 0. The summed E-state index contributed by atoms with van der Waals surface area (Å²) in [4.78, 5) is 31.1. The number of hydrogen-bond acceptors (Lipinski definition) is 3. The lowest BCUT2D eigenvalue weighted by atomic mass is 10.1. The van der Waals surface area contributed by atoms with Crippen molar-refractivity contribution in [3.05, 3.63) is 94.0 Å². The molecule has 0 unspecified atom stereocenters. The Morgan fingerprint density at radius 1 is 0.889 bits per heavy atom. The lowest BCUT2D eigenvalue weighted by Gasteiger charge is -2.16. The van der Waals surface area contributed by atoms with Gasteiger partial charge in [0.1, 0.15) is 0 Å². The molecular weight excluding hydrogens is 360 g/mol. The Bertz CT molecular complexity index is 1090. The van der Waals surface area contributed by atoms with Gasteiger partial charge in [0.25, 0.3) is 11.8 Å². The van der Waals surface area contributed by atoms with Crippen molar-refractivity contribution >= 4 is 41.0 Å². The van der Waals surface area contributed by atoms with Crippen LogP contribution >= 0.6 is 11.6 Å². The monoisotopic (exact) mass is 374 g/mol. The molecule has 1 heterocycles. The summed E-state index contributed by atoms with van der Waals surface area (Å²) in [5.74, 6) is -0.698. The highest BCUT2D eigenvalue weighted by Gasteiger charge is 2.37. The van der Waals surface area contributed by atoms with Gasteiger partial charge in [-0.05, 0) is 54.4 Å². The van der Waals surface area contributed by atoms with E-state index in [4.69, 9.17) is 11.6 Å². The molecular formula is C22H15ClN2O2. The van der Waals surface area contributed by atoms with Gasteiger partial charge in [-0.25, -0.2) is 4.90 Å². The summed E-state index contributed by atoms with van der Waals surface area (Å²) in [6.45, 7) is 1.85. The lowest BCUT2D eigenvalue weighted by molar-refractivity contribution is 0.0926. The van der Waals surface area contributed by atoms with Crippen LogP contribution in [-0.4, -0.2) is 18.0 Å². The summed E-state index contributed by atoms with van der Waals surface area (Å²) in [5, 5.41) is 0.430. The van der Waals surface area contributed by atoms with Crippen LogP contribution in [0.3, 0.4) is 0 Å². The molecule has 0 saturated heterocycles. The molecule has 1 aliphatic rings. The van der Waals surface area contributed by atoms with Gasteiger partial charge in [-0.2, -0.15) is 0 Å². The number of carbonyl (C=O) groups is 2. The topological polar surface area (TPSA) is 49.7 Å². The number of anilines is 1. The van der Waals surface area contributed by atoms with Gasteiger partial charge in [0.05, 0.1) is 22.5 Å². The van der Waals surface area contributed by atoms with Crippen molar-refractivity contribution in [2.75, 3.05) is 4.90 Å². The maximum Gasteiger partial charge on any atom is 0.266 e. The largest absolute Gasteiger partial charge is 0.268 e. The summed E-state index contributed by atoms with van der Waals surface area (Å²) in [7, 11) is 0. The molecule has 0 saturated carbocycles. The van der Waals surface area contributed by atoms with E-state index in [-0.39, 0.29) is 11.8 Å². The summed E-state index contributed by atoms with van der Waals surface area (Å²) in [6, 6.07) is 19.9. The van der Waals surface area contributed by atoms with Crippen LogP contribution in [0.15, 0.2) is 71.7 Å². The highest BCUT2D eigenvalue weighted by atomic mass is 35.5. The van der Waals surface area contributed by atoms with Crippen molar-refractivity contribution in [3.8, 4) is 0 Å². The number of benzene rings is 3. The zero-order valence-corrected chi connectivity index (χ0v) is 15.3. The Kier molecular flexibility index (Phi) is 4.34. The summed E-state index contributed by atoms with van der Waals surface area (Å²) in [5.41, 5.74) is 3.79. The first kappa shape index (κ1) is 17.2. The number of rotatable bonds is 3. The van der Waals surface area contributed by atoms with Crippen molar-refractivity contribution in [1.29, 1.82) is 0 Å². The molecule has 0 fully saturated rings. The van der Waals surface area contributed by atoms with Gasteiger partial charge in [-0.1, -0.05) is 41.9 Å². The van der Waals surface area contributed by atoms with Gasteiger partial charge in [-0.3, -0.25) is 14.6 Å². The van der Waals surface area contributed by atoms with E-state index in [0.29, 0.717) is 21.8 Å². The Labute approximate surface area is 161 Å². The summed E-state index contributed by atoms with van der Waals surface area (Å²) in [6.07, 6.45) is 1.78. The van der Waals surface area contributed by atoms with Gasteiger partial charge in [0, 0.05) is 11.2 Å². The van der Waals surface area contributed by atoms with Gasteiger partial charge in [-0.15, -0.1) is 0 Å². The standard InChI is InChI=1S/C22H15ClN2O2/c1-14-11-17(24-13-15-5-3-2-4-6-15)8-10-20(14)25-21(26)18-9-7-16(23)12-19(18)22(25)27/h2-13H,1H3. The fourth-order valence-electron chi connectivity index (χ4n) is 3.09. The van der Waals surface area contributed by atoms with E-state index in [2.05, 4.69) is 4.99 Å². The van der Waals surface area contributed by atoms with E-state index in [9.17, 15) is 9.59 Å². The Hall–Kier alpha value is -3.24. The number of amides is 2. The quantitative estimate of drug-likeness (QED) is 0.467. The second-order valence-corrected chi connectivity index (χ2v) is 6.71. The minimum Gasteiger partial charge on any atom is -0.268 e. The maximum absolute atomic E-state index is 12.7. The number of nitrogens with zero attached hydrogens (tertiary/aromatic N) is 2. The normalized spacial score (nSPS) is 13.5. The first-order chi connectivity index (χ1) is 13.0. The fourth-order valence-corrected chi connectivity index (χ4v) is 3.26. The molecule has 1 aliphatic heterocycles. The highest BCUT2D eigenvalue weighted by molar-refractivity contribution is 6.36. The SMILES string of the molecule is Cc1cc(N=Cc2ccccc2)ccc1N1C(=O)c2ccc(Cl)cc2C1=O. The number of hydrogen-bond donors (Lipinski definition) is 0. The molecule has 2 amide bonds. The zero-order chi connectivity index (χ0) is 19.0. The number of imide groups is 1. The van der Waals surface area contributed by atoms with E-state index in [1.807, 2.05) is 43.3 Å². The van der Waals surface area contributed by atoms with Gasteiger partial charge < -0.3 is 0 Å². The minimum absolute atomic E-state index is 0.332. The van der Waals surface area contributed by atoms with Crippen molar-refractivity contribution in [2.45, 2.75) is 6.92 Å². The smallest absolute Gasteiger partial charge is 0.266 e. The number of fused-ring (bicyclic) bond motifs is 1. The summed E-state index contributed by atoms with van der Waals surface area (Å²) >= 11 is 5.97. The second kappa shape index (κ2) is 6.82. The van der Waals surface area contributed by atoms with Crippen molar-refractivity contribution in [2.24, 2.45) is 4.99 Å². The number of aliphatic imine (C=N–C) groups is 1. The minimum atomic E-state index is -0.360. The fraction of sp³-hybridized carbons (Fsp3) is 0.0455. The van der Waals surface area contributed by atoms with Gasteiger partial charge in [0.2, 0.25) is 0 Å². The zero-order valence-electron chi connectivity index (χ0n) is 14.5. The van der Waals surface area contributed by atoms with Crippen LogP contribution < -0.4 is 4.90 Å². The predicted octanol–water partition coefficient (Wildman–Crippen LogP) is 5.20. The van der Waals surface area contributed by atoms with Gasteiger partial charge >= 0.3 is 0 Å². The number of halogens is 1. The molecule has 0 spiro atoms. The lowest BCUT2D eigenvalue weighted by Crippen LogP contribution is -2.29. The van der Waals surface area contributed by atoms with E-state index in [0.717, 1.165) is 16.8 Å². The van der Waals surface area contributed by atoms with Gasteiger partial charge in [0.15, 0.2) is 0 Å². The van der Waals surface area contributed by atoms with Crippen molar-refractivity contribution in [1.82, 2.24) is 0 Å². The van der Waals surface area contributed by atoms with Crippen LogP contribution in [0.25, 0.3) is 0 Å². The molecule has 3 aromatic carbocycles. The molecule has 132 valence electrons. The number of aryl methyl sites for hydroxylation is 1. The Balaban J connectivity index is 1.65. The second-order valence-electron chi connectivity index (χ2n) is 6.28. The Morgan fingerprint density at radius 2 is 1.63 bits per heavy atom. The number of carbonyl (C=O) groups excluding carboxylic acids is 2. The molecule has 0 bridgehead atoms. The third kappa shape index (κ3) is 3.15.